The predicted octanol–water partition coefficient (Wildman–Crippen LogP) is 3.86. The van der Waals surface area contributed by atoms with E-state index in [0.717, 1.165) is 24.9 Å². The van der Waals surface area contributed by atoms with E-state index in [2.05, 4.69) is 51.8 Å². The van der Waals surface area contributed by atoms with Gasteiger partial charge in [-0.3, -0.25) is 0 Å². The number of hydrogen-bond acceptors (Lipinski definition) is 3. The molecule has 112 valence electrons. The van der Waals surface area contributed by atoms with Crippen LogP contribution >= 0.6 is 0 Å². The van der Waals surface area contributed by atoms with Gasteiger partial charge in [-0.2, -0.15) is 0 Å². The van der Waals surface area contributed by atoms with E-state index in [1.165, 1.54) is 27.8 Å². The summed E-state index contributed by atoms with van der Waals surface area (Å²) in [5, 5.41) is 13.9. The van der Waals surface area contributed by atoms with Crippen molar-refractivity contribution in [3.8, 4) is 11.1 Å². The van der Waals surface area contributed by atoms with Gasteiger partial charge in [0, 0.05) is 41.2 Å². The van der Waals surface area contributed by atoms with Crippen molar-refractivity contribution in [3.05, 3.63) is 48.3 Å². The highest BCUT2D eigenvalue weighted by atomic mass is 16.2. The third-order valence-electron chi connectivity index (χ3n) is 4.43. The minimum Gasteiger partial charge on any atom is -0.396 e. The first-order chi connectivity index (χ1) is 10.9. The van der Waals surface area contributed by atoms with Gasteiger partial charge in [0.2, 0.25) is 0 Å². The molecule has 3 aromatic rings. The molecule has 0 bridgehead atoms. The van der Waals surface area contributed by atoms with Crippen LogP contribution in [0.3, 0.4) is 0 Å². The van der Waals surface area contributed by atoms with Gasteiger partial charge in [-0.25, -0.2) is 4.98 Å². The number of rotatable bonds is 4. The maximum absolute atomic E-state index is 9.04. The number of H-pyrrole nitrogens is 1. The molecule has 1 aliphatic rings. The Morgan fingerprint density at radius 1 is 1.09 bits per heavy atom. The number of fused-ring (bicyclic) bond motifs is 2. The fraction of sp³-hybridized carbons (Fsp3) is 0.278. The first-order valence-electron chi connectivity index (χ1n) is 7.81. The van der Waals surface area contributed by atoms with Crippen molar-refractivity contribution >= 4 is 16.7 Å². The van der Waals surface area contributed by atoms with Gasteiger partial charge in [0.1, 0.15) is 5.65 Å². The molecule has 4 heteroatoms. The van der Waals surface area contributed by atoms with E-state index in [4.69, 9.17) is 5.11 Å². The summed E-state index contributed by atoms with van der Waals surface area (Å²) >= 11 is 0. The van der Waals surface area contributed by atoms with Crippen LogP contribution in [-0.2, 0) is 0 Å². The van der Waals surface area contributed by atoms with Gasteiger partial charge in [-0.15, -0.1) is 0 Å². The standard InChI is InChI=1S/C18H19N3O/c22-10-4-3-7-16-14-11-20-18-17(14)13(8-9-19-18)12-5-1-2-6-15(12)21-16/h1-2,5-6,8-9,11,16,21-22H,3-4,7,10H2,(H,19,20). The molecule has 3 heterocycles. The molecule has 4 nitrogen and oxygen atoms in total. The molecule has 1 unspecified atom stereocenters. The molecule has 0 aliphatic carbocycles. The molecule has 0 saturated carbocycles. The fourth-order valence-corrected chi connectivity index (χ4v) is 3.38. The predicted molar refractivity (Wildman–Crippen MR) is 88.8 cm³/mol. The number of aromatic amines is 1. The molecule has 0 saturated heterocycles. The average molecular weight is 293 g/mol. The van der Waals surface area contributed by atoms with Crippen LogP contribution < -0.4 is 5.32 Å². The first kappa shape index (κ1) is 13.3. The maximum Gasteiger partial charge on any atom is 0.138 e. The number of anilines is 1. The Balaban J connectivity index is 1.88. The molecule has 0 amide bonds. The normalized spacial score (nSPS) is 16.1. The van der Waals surface area contributed by atoms with E-state index in [1.807, 2.05) is 6.20 Å². The molecule has 0 spiro atoms. The van der Waals surface area contributed by atoms with Crippen LogP contribution in [0.15, 0.2) is 42.7 Å². The van der Waals surface area contributed by atoms with E-state index in [0.29, 0.717) is 0 Å². The number of nitrogens with one attached hydrogen (secondary N) is 2. The molecule has 4 rings (SSSR count). The van der Waals surface area contributed by atoms with Crippen LogP contribution in [0.5, 0.6) is 0 Å². The van der Waals surface area contributed by atoms with Gasteiger partial charge in [0.05, 0.1) is 6.04 Å². The molecule has 1 aliphatic heterocycles. The summed E-state index contributed by atoms with van der Waals surface area (Å²) in [4.78, 5) is 7.77. The Morgan fingerprint density at radius 2 is 2.00 bits per heavy atom. The second kappa shape index (κ2) is 5.46. The van der Waals surface area contributed by atoms with Gasteiger partial charge < -0.3 is 15.4 Å². The molecule has 0 radical (unpaired) electrons. The molecule has 22 heavy (non-hydrogen) atoms. The number of unbranched alkanes of at least 4 members (excludes halogenated alkanes) is 1. The molecule has 3 N–H and O–H groups in total. The van der Waals surface area contributed by atoms with E-state index in [1.54, 1.807) is 0 Å². The number of pyridine rings is 1. The zero-order valence-corrected chi connectivity index (χ0v) is 12.3. The Hall–Kier alpha value is -2.33. The quantitative estimate of drug-likeness (QED) is 0.640. The smallest absolute Gasteiger partial charge is 0.138 e. The number of nitrogens with zero attached hydrogens (tertiary/aromatic N) is 1. The third kappa shape index (κ3) is 2.07. The fourth-order valence-electron chi connectivity index (χ4n) is 3.38. The van der Waals surface area contributed by atoms with Gasteiger partial charge in [0.25, 0.3) is 0 Å². The minimum absolute atomic E-state index is 0.243. The topological polar surface area (TPSA) is 60.9 Å². The van der Waals surface area contributed by atoms with Gasteiger partial charge in [-0.1, -0.05) is 18.2 Å². The molecule has 1 atom stereocenters. The number of aliphatic hydroxyl groups is 1. The lowest BCUT2D eigenvalue weighted by Crippen LogP contribution is -2.10. The summed E-state index contributed by atoms with van der Waals surface area (Å²) in [5.74, 6) is 0. The Morgan fingerprint density at radius 3 is 2.91 bits per heavy atom. The van der Waals surface area contributed by atoms with Crippen molar-refractivity contribution in [1.29, 1.82) is 0 Å². The van der Waals surface area contributed by atoms with Crippen LogP contribution in [0.25, 0.3) is 22.2 Å². The summed E-state index contributed by atoms with van der Waals surface area (Å²) in [7, 11) is 0. The van der Waals surface area contributed by atoms with Gasteiger partial charge >= 0.3 is 0 Å². The summed E-state index contributed by atoms with van der Waals surface area (Å²) in [6.45, 7) is 0.254. The second-order valence-electron chi connectivity index (χ2n) is 5.79. The lowest BCUT2D eigenvalue weighted by atomic mass is 9.98. The highest BCUT2D eigenvalue weighted by Gasteiger charge is 2.24. The second-order valence-corrected chi connectivity index (χ2v) is 5.79. The molecule has 0 fully saturated rings. The van der Waals surface area contributed by atoms with Gasteiger partial charge in [0.15, 0.2) is 0 Å². The number of aromatic nitrogens is 2. The minimum atomic E-state index is 0.243. The lowest BCUT2D eigenvalue weighted by Gasteiger charge is -2.18. The summed E-state index contributed by atoms with van der Waals surface area (Å²) in [6, 6.07) is 10.8. The van der Waals surface area contributed by atoms with Crippen molar-refractivity contribution in [2.45, 2.75) is 25.3 Å². The monoisotopic (exact) mass is 293 g/mol. The molecule has 1 aromatic carbocycles. The van der Waals surface area contributed by atoms with Crippen molar-refractivity contribution in [2.75, 3.05) is 11.9 Å². The van der Waals surface area contributed by atoms with E-state index in [-0.39, 0.29) is 12.6 Å². The Bertz CT molecular complexity index is 809. The maximum atomic E-state index is 9.04. The number of hydrogen-bond donors (Lipinski definition) is 3. The molecule has 2 aromatic heterocycles. The van der Waals surface area contributed by atoms with Crippen LogP contribution in [0.1, 0.15) is 30.9 Å². The summed E-state index contributed by atoms with van der Waals surface area (Å²) in [6.07, 6.45) is 6.77. The number of aliphatic hydroxyl groups excluding tert-OH is 1. The van der Waals surface area contributed by atoms with Crippen molar-refractivity contribution < 1.29 is 5.11 Å². The van der Waals surface area contributed by atoms with Crippen molar-refractivity contribution in [1.82, 2.24) is 9.97 Å². The SMILES string of the molecule is OCCCCC1Nc2ccccc2-c2ccnc3[nH]cc1c23. The Labute approximate surface area is 129 Å². The van der Waals surface area contributed by atoms with Crippen LogP contribution in [-0.4, -0.2) is 21.7 Å². The average Bonchev–Trinajstić information content (AvgIpc) is 2.93. The van der Waals surface area contributed by atoms with Crippen LogP contribution in [0, 0.1) is 0 Å². The number of benzene rings is 1. The summed E-state index contributed by atoms with van der Waals surface area (Å²) < 4.78 is 0. The van der Waals surface area contributed by atoms with Gasteiger partial charge in [-0.05, 0) is 37.0 Å². The van der Waals surface area contributed by atoms with E-state index >= 15 is 0 Å². The molecular formula is C18H19N3O. The van der Waals surface area contributed by atoms with E-state index in [9.17, 15) is 0 Å². The van der Waals surface area contributed by atoms with E-state index < -0.39 is 0 Å². The zero-order valence-electron chi connectivity index (χ0n) is 12.3. The lowest BCUT2D eigenvalue weighted by molar-refractivity contribution is 0.282. The van der Waals surface area contributed by atoms with Crippen molar-refractivity contribution in [2.24, 2.45) is 0 Å². The third-order valence-corrected chi connectivity index (χ3v) is 4.43. The Kier molecular flexibility index (Phi) is 3.31. The van der Waals surface area contributed by atoms with Crippen molar-refractivity contribution in [3.63, 3.8) is 0 Å². The molecular weight excluding hydrogens is 274 g/mol. The largest absolute Gasteiger partial charge is 0.396 e. The van der Waals surface area contributed by atoms with Crippen LogP contribution in [0.4, 0.5) is 5.69 Å². The first-order valence-corrected chi connectivity index (χ1v) is 7.81. The van der Waals surface area contributed by atoms with Crippen LogP contribution in [0.2, 0.25) is 0 Å². The highest BCUT2D eigenvalue weighted by molar-refractivity contribution is 6.00. The summed E-state index contributed by atoms with van der Waals surface area (Å²) in [5.41, 5.74) is 5.83. The zero-order chi connectivity index (χ0) is 14.9. The highest BCUT2D eigenvalue weighted by Crippen LogP contribution is 2.42. The number of para-hydroxylation sites is 1.